The van der Waals surface area contributed by atoms with Crippen molar-refractivity contribution >= 4 is 34.8 Å². The van der Waals surface area contributed by atoms with Gasteiger partial charge in [-0.05, 0) is 50.7 Å². The fraction of sp³-hybridized carbons (Fsp3) is 0.350. The van der Waals surface area contributed by atoms with Crippen LogP contribution in [0.5, 0.6) is 5.75 Å². The smallest absolute Gasteiger partial charge is 0.170 e. The van der Waals surface area contributed by atoms with E-state index in [0.717, 1.165) is 29.5 Å². The molecule has 0 aromatic heterocycles. The standard InChI is InChI=1S/C20H26N2OS2/c1-15(2)23-19-6-4-5-18(13-19)22-20(24)21-11-12-25-14-17-9-7-16(3)8-10-17/h4-10,13,15H,11-12,14H2,1-3H3,(H2,21,22,24). The molecule has 2 rings (SSSR count). The van der Waals surface area contributed by atoms with Gasteiger partial charge in [0.1, 0.15) is 5.75 Å². The SMILES string of the molecule is Cc1ccc(CSCCNC(=S)Nc2cccc(OC(C)C)c2)cc1. The van der Waals surface area contributed by atoms with Crippen LogP contribution in [0.2, 0.25) is 0 Å². The van der Waals surface area contributed by atoms with Gasteiger partial charge in [-0.15, -0.1) is 0 Å². The quantitative estimate of drug-likeness (QED) is 0.502. The fourth-order valence-corrected chi connectivity index (χ4v) is 3.24. The molecule has 25 heavy (non-hydrogen) atoms. The summed E-state index contributed by atoms with van der Waals surface area (Å²) in [5.41, 5.74) is 3.59. The predicted octanol–water partition coefficient (Wildman–Crippen LogP) is 5.00. The molecule has 0 fully saturated rings. The number of hydrogen-bond donors (Lipinski definition) is 2. The van der Waals surface area contributed by atoms with Gasteiger partial charge in [-0.3, -0.25) is 0 Å². The van der Waals surface area contributed by atoms with Gasteiger partial charge in [-0.1, -0.05) is 35.9 Å². The molecule has 5 heteroatoms. The van der Waals surface area contributed by atoms with Crippen LogP contribution in [0.1, 0.15) is 25.0 Å². The number of aryl methyl sites for hydroxylation is 1. The zero-order valence-electron chi connectivity index (χ0n) is 15.0. The number of ether oxygens (including phenoxy) is 1. The molecule has 0 radical (unpaired) electrons. The van der Waals surface area contributed by atoms with E-state index in [0.29, 0.717) is 5.11 Å². The van der Waals surface area contributed by atoms with Gasteiger partial charge in [-0.2, -0.15) is 11.8 Å². The fourth-order valence-electron chi connectivity index (χ4n) is 2.21. The zero-order chi connectivity index (χ0) is 18.1. The van der Waals surface area contributed by atoms with Gasteiger partial charge in [0.25, 0.3) is 0 Å². The highest BCUT2D eigenvalue weighted by molar-refractivity contribution is 7.98. The Morgan fingerprint density at radius 3 is 2.64 bits per heavy atom. The third-order valence-corrected chi connectivity index (χ3v) is 4.66. The van der Waals surface area contributed by atoms with Crippen LogP contribution in [-0.4, -0.2) is 23.5 Å². The minimum Gasteiger partial charge on any atom is -0.491 e. The highest BCUT2D eigenvalue weighted by Gasteiger charge is 2.01. The lowest BCUT2D eigenvalue weighted by Crippen LogP contribution is -2.30. The Labute approximate surface area is 160 Å². The number of rotatable bonds is 8. The molecule has 2 aromatic carbocycles. The van der Waals surface area contributed by atoms with Crippen molar-refractivity contribution in [2.24, 2.45) is 0 Å². The van der Waals surface area contributed by atoms with Crippen LogP contribution in [0, 0.1) is 6.92 Å². The maximum absolute atomic E-state index is 5.69. The Bertz CT molecular complexity index is 672. The Balaban J connectivity index is 1.66. The number of nitrogens with one attached hydrogen (secondary N) is 2. The molecule has 0 saturated carbocycles. The van der Waals surface area contributed by atoms with Crippen LogP contribution in [0.15, 0.2) is 48.5 Å². The maximum atomic E-state index is 5.69. The maximum Gasteiger partial charge on any atom is 0.170 e. The van der Waals surface area contributed by atoms with E-state index in [1.807, 2.05) is 49.9 Å². The topological polar surface area (TPSA) is 33.3 Å². The van der Waals surface area contributed by atoms with Crippen LogP contribution in [-0.2, 0) is 5.75 Å². The number of thioether (sulfide) groups is 1. The third kappa shape index (κ3) is 7.80. The zero-order valence-corrected chi connectivity index (χ0v) is 16.7. The molecule has 0 spiro atoms. The molecule has 0 aliphatic heterocycles. The van der Waals surface area contributed by atoms with Crippen LogP contribution in [0.25, 0.3) is 0 Å². The summed E-state index contributed by atoms with van der Waals surface area (Å²) in [6.45, 7) is 6.98. The van der Waals surface area contributed by atoms with Crippen molar-refractivity contribution in [2.45, 2.75) is 32.6 Å². The Kier molecular flexibility index (Phi) is 8.09. The molecular formula is C20H26N2OS2. The molecule has 0 atom stereocenters. The minimum absolute atomic E-state index is 0.158. The van der Waals surface area contributed by atoms with Crippen molar-refractivity contribution in [1.82, 2.24) is 5.32 Å². The van der Waals surface area contributed by atoms with Gasteiger partial charge in [0.15, 0.2) is 5.11 Å². The van der Waals surface area contributed by atoms with Crippen LogP contribution < -0.4 is 15.4 Å². The summed E-state index contributed by atoms with van der Waals surface area (Å²) in [6, 6.07) is 16.5. The second kappa shape index (κ2) is 10.3. The van der Waals surface area contributed by atoms with Crippen LogP contribution >= 0.6 is 24.0 Å². The lowest BCUT2D eigenvalue weighted by atomic mass is 10.2. The van der Waals surface area contributed by atoms with Gasteiger partial charge in [-0.25, -0.2) is 0 Å². The van der Waals surface area contributed by atoms with Gasteiger partial charge < -0.3 is 15.4 Å². The molecule has 2 aromatic rings. The first-order valence-corrected chi connectivity index (χ1v) is 10.0. The first-order chi connectivity index (χ1) is 12.0. The van der Waals surface area contributed by atoms with E-state index in [-0.39, 0.29) is 6.10 Å². The van der Waals surface area contributed by atoms with E-state index in [1.54, 1.807) is 0 Å². The molecule has 0 saturated heterocycles. The van der Waals surface area contributed by atoms with E-state index in [4.69, 9.17) is 17.0 Å². The molecule has 0 aliphatic carbocycles. The molecule has 0 heterocycles. The summed E-state index contributed by atoms with van der Waals surface area (Å²) in [4.78, 5) is 0. The van der Waals surface area contributed by atoms with Crippen molar-refractivity contribution in [1.29, 1.82) is 0 Å². The van der Waals surface area contributed by atoms with E-state index in [2.05, 4.69) is 41.8 Å². The monoisotopic (exact) mass is 374 g/mol. The first-order valence-electron chi connectivity index (χ1n) is 8.48. The first kappa shape index (κ1) is 19.6. The predicted molar refractivity (Wildman–Crippen MR) is 114 cm³/mol. The van der Waals surface area contributed by atoms with Gasteiger partial charge in [0, 0.05) is 29.8 Å². The lowest BCUT2D eigenvalue weighted by Gasteiger charge is -2.13. The Morgan fingerprint density at radius 2 is 1.92 bits per heavy atom. The Hall–Kier alpha value is -1.72. The van der Waals surface area contributed by atoms with Crippen molar-refractivity contribution < 1.29 is 4.74 Å². The summed E-state index contributed by atoms with van der Waals surface area (Å²) >= 11 is 7.25. The summed E-state index contributed by atoms with van der Waals surface area (Å²) < 4.78 is 5.69. The summed E-state index contributed by atoms with van der Waals surface area (Å²) in [7, 11) is 0. The van der Waals surface area contributed by atoms with E-state index < -0.39 is 0 Å². The number of benzene rings is 2. The summed E-state index contributed by atoms with van der Waals surface area (Å²) in [5, 5.41) is 7.08. The van der Waals surface area contributed by atoms with Crippen molar-refractivity contribution in [3.05, 3.63) is 59.7 Å². The molecule has 0 aliphatic rings. The van der Waals surface area contributed by atoms with Gasteiger partial charge in [0.05, 0.1) is 6.10 Å². The molecular weight excluding hydrogens is 348 g/mol. The summed E-state index contributed by atoms with van der Waals surface area (Å²) in [6.07, 6.45) is 0.158. The van der Waals surface area contributed by atoms with E-state index in [1.165, 1.54) is 11.1 Å². The molecule has 3 nitrogen and oxygen atoms in total. The Morgan fingerprint density at radius 1 is 1.16 bits per heavy atom. The number of anilines is 1. The highest BCUT2D eigenvalue weighted by atomic mass is 32.2. The number of thiocarbonyl (C=S) groups is 1. The number of hydrogen-bond acceptors (Lipinski definition) is 3. The van der Waals surface area contributed by atoms with Gasteiger partial charge >= 0.3 is 0 Å². The van der Waals surface area contributed by atoms with Crippen LogP contribution in [0.3, 0.4) is 0 Å². The van der Waals surface area contributed by atoms with E-state index >= 15 is 0 Å². The normalized spacial score (nSPS) is 10.6. The molecule has 0 amide bonds. The lowest BCUT2D eigenvalue weighted by molar-refractivity contribution is 0.242. The second-order valence-electron chi connectivity index (χ2n) is 6.11. The van der Waals surface area contributed by atoms with Crippen molar-refractivity contribution in [2.75, 3.05) is 17.6 Å². The molecule has 0 bridgehead atoms. The largest absolute Gasteiger partial charge is 0.491 e. The minimum atomic E-state index is 0.158. The highest BCUT2D eigenvalue weighted by Crippen LogP contribution is 2.18. The van der Waals surface area contributed by atoms with E-state index in [9.17, 15) is 0 Å². The molecule has 2 N–H and O–H groups in total. The van der Waals surface area contributed by atoms with Crippen LogP contribution in [0.4, 0.5) is 5.69 Å². The third-order valence-electron chi connectivity index (χ3n) is 3.38. The van der Waals surface area contributed by atoms with Crippen molar-refractivity contribution in [3.63, 3.8) is 0 Å². The summed E-state index contributed by atoms with van der Waals surface area (Å²) in [5.74, 6) is 2.87. The second-order valence-corrected chi connectivity index (χ2v) is 7.63. The molecule has 0 unspecified atom stereocenters. The molecule has 134 valence electrons. The average molecular weight is 375 g/mol. The van der Waals surface area contributed by atoms with Gasteiger partial charge in [0.2, 0.25) is 0 Å². The average Bonchev–Trinajstić information content (AvgIpc) is 2.56. The van der Waals surface area contributed by atoms with Crippen molar-refractivity contribution in [3.8, 4) is 5.75 Å².